The number of hydrogen-bond acceptors (Lipinski definition) is 3. The Labute approximate surface area is 47.8 Å². The summed E-state index contributed by atoms with van der Waals surface area (Å²) in [6.45, 7) is 1.39. The van der Waals surface area contributed by atoms with Crippen LogP contribution in [0.25, 0.3) is 0 Å². The van der Waals surface area contributed by atoms with Gasteiger partial charge in [-0.3, -0.25) is 4.99 Å². The number of rotatable bonds is 1. The predicted molar refractivity (Wildman–Crippen MR) is 30.9 cm³/mol. The predicted octanol–water partition coefficient (Wildman–Crippen LogP) is -0.567. The average Bonchev–Trinajstić information content (AvgIpc) is 1.90. The molecule has 0 aromatic heterocycles. The molecular formula is C5H8N2O. The lowest BCUT2D eigenvalue weighted by Crippen LogP contribution is -2.29. The van der Waals surface area contributed by atoms with E-state index in [2.05, 4.69) is 10.3 Å². The molecule has 0 saturated carbocycles. The fourth-order valence-electron chi connectivity index (χ4n) is 0.612. The molecule has 3 heteroatoms. The van der Waals surface area contributed by atoms with E-state index in [9.17, 15) is 4.79 Å². The number of nitrogens with one attached hydrogen (secondary N) is 1. The summed E-state index contributed by atoms with van der Waals surface area (Å²) in [6, 6.07) is 0. The third-order valence-corrected chi connectivity index (χ3v) is 1.09. The first kappa shape index (κ1) is 5.28. The Morgan fingerprint density at radius 1 is 1.88 bits per heavy atom. The van der Waals surface area contributed by atoms with Gasteiger partial charge >= 0.3 is 0 Å². The molecular weight excluding hydrogens is 104 g/mol. The maximum Gasteiger partial charge on any atom is 0.126 e. The van der Waals surface area contributed by atoms with Crippen LogP contribution >= 0.6 is 0 Å². The SMILES string of the molecule is O=CC1CN=CNC1. The van der Waals surface area contributed by atoms with Gasteiger partial charge in [0.2, 0.25) is 0 Å². The molecule has 1 unspecified atom stereocenters. The van der Waals surface area contributed by atoms with Gasteiger partial charge in [0.15, 0.2) is 0 Å². The van der Waals surface area contributed by atoms with Crippen LogP contribution in [0.4, 0.5) is 0 Å². The Kier molecular flexibility index (Phi) is 1.62. The van der Waals surface area contributed by atoms with Crippen molar-refractivity contribution < 1.29 is 4.79 Å². The lowest BCUT2D eigenvalue weighted by Gasteiger charge is -2.10. The zero-order valence-corrected chi connectivity index (χ0v) is 4.50. The molecule has 1 rings (SSSR count). The minimum Gasteiger partial charge on any atom is -0.376 e. The molecule has 8 heavy (non-hydrogen) atoms. The quantitative estimate of drug-likeness (QED) is 0.462. The van der Waals surface area contributed by atoms with Crippen molar-refractivity contribution in [3.63, 3.8) is 0 Å². The smallest absolute Gasteiger partial charge is 0.126 e. The van der Waals surface area contributed by atoms with Gasteiger partial charge in [-0.2, -0.15) is 0 Å². The standard InChI is InChI=1S/C5H8N2O/c8-3-5-1-6-4-7-2-5/h3-5H,1-2H2,(H,6,7). The highest BCUT2D eigenvalue weighted by Crippen LogP contribution is 1.92. The van der Waals surface area contributed by atoms with Crippen molar-refractivity contribution in [1.29, 1.82) is 0 Å². The molecule has 0 aromatic carbocycles. The van der Waals surface area contributed by atoms with E-state index in [0.717, 1.165) is 12.8 Å². The highest BCUT2D eigenvalue weighted by atomic mass is 16.1. The maximum atomic E-state index is 10.0. The Morgan fingerprint density at radius 3 is 3.12 bits per heavy atom. The molecule has 1 atom stereocenters. The third kappa shape index (κ3) is 1.05. The fourth-order valence-corrected chi connectivity index (χ4v) is 0.612. The zero-order chi connectivity index (χ0) is 5.82. The van der Waals surface area contributed by atoms with E-state index in [0.29, 0.717) is 6.54 Å². The second-order valence-electron chi connectivity index (χ2n) is 1.80. The summed E-state index contributed by atoms with van der Waals surface area (Å²) in [4.78, 5) is 13.9. The van der Waals surface area contributed by atoms with E-state index >= 15 is 0 Å². The Bertz CT molecular complexity index is 111. The van der Waals surface area contributed by atoms with E-state index in [1.165, 1.54) is 0 Å². The van der Waals surface area contributed by atoms with Crippen molar-refractivity contribution in [1.82, 2.24) is 5.32 Å². The van der Waals surface area contributed by atoms with Crippen molar-refractivity contribution in [3.05, 3.63) is 0 Å². The summed E-state index contributed by atoms with van der Waals surface area (Å²) < 4.78 is 0. The summed E-state index contributed by atoms with van der Waals surface area (Å²) in [5.74, 6) is 0.0972. The fraction of sp³-hybridized carbons (Fsp3) is 0.600. The Hall–Kier alpha value is -0.860. The molecule has 0 fully saturated rings. The Morgan fingerprint density at radius 2 is 2.75 bits per heavy atom. The van der Waals surface area contributed by atoms with Crippen LogP contribution in [-0.4, -0.2) is 25.7 Å². The zero-order valence-electron chi connectivity index (χ0n) is 4.50. The molecule has 0 aromatic rings. The van der Waals surface area contributed by atoms with Crippen LogP contribution < -0.4 is 5.32 Å². The molecule has 0 bridgehead atoms. The number of carbonyl (C=O) groups excluding carboxylic acids is 1. The van der Waals surface area contributed by atoms with Crippen LogP contribution in [0.15, 0.2) is 4.99 Å². The van der Waals surface area contributed by atoms with Crippen LogP contribution in [0.1, 0.15) is 0 Å². The summed E-state index contributed by atoms with van der Waals surface area (Å²) in [7, 11) is 0. The lowest BCUT2D eigenvalue weighted by molar-refractivity contribution is -0.110. The summed E-state index contributed by atoms with van der Waals surface area (Å²) in [6.07, 6.45) is 2.57. The molecule has 3 nitrogen and oxygen atoms in total. The van der Waals surface area contributed by atoms with Crippen molar-refractivity contribution in [2.75, 3.05) is 13.1 Å². The van der Waals surface area contributed by atoms with Gasteiger partial charge in [0.1, 0.15) is 6.29 Å². The molecule has 1 aliphatic rings. The molecule has 1 N–H and O–H groups in total. The first-order valence-corrected chi connectivity index (χ1v) is 2.60. The first-order chi connectivity index (χ1) is 3.93. The molecule has 1 aliphatic heterocycles. The van der Waals surface area contributed by atoms with Gasteiger partial charge in [0.25, 0.3) is 0 Å². The van der Waals surface area contributed by atoms with Crippen molar-refractivity contribution in [2.45, 2.75) is 0 Å². The minimum atomic E-state index is 0.0972. The summed E-state index contributed by atoms with van der Waals surface area (Å²) in [5.41, 5.74) is 0. The van der Waals surface area contributed by atoms with Crippen LogP contribution in [0.5, 0.6) is 0 Å². The highest BCUT2D eigenvalue weighted by molar-refractivity contribution is 5.61. The number of carbonyl (C=O) groups is 1. The van der Waals surface area contributed by atoms with Gasteiger partial charge in [-0.15, -0.1) is 0 Å². The van der Waals surface area contributed by atoms with Gasteiger partial charge < -0.3 is 10.1 Å². The van der Waals surface area contributed by atoms with E-state index in [1.54, 1.807) is 6.34 Å². The van der Waals surface area contributed by atoms with Gasteiger partial charge in [-0.05, 0) is 0 Å². The minimum absolute atomic E-state index is 0.0972. The highest BCUT2D eigenvalue weighted by Gasteiger charge is 2.06. The van der Waals surface area contributed by atoms with Gasteiger partial charge in [-0.1, -0.05) is 0 Å². The van der Waals surface area contributed by atoms with Gasteiger partial charge in [0, 0.05) is 6.54 Å². The Balaban J connectivity index is 2.37. The van der Waals surface area contributed by atoms with Crippen molar-refractivity contribution in [3.8, 4) is 0 Å². The molecule has 0 radical (unpaired) electrons. The number of aldehydes is 1. The van der Waals surface area contributed by atoms with Gasteiger partial charge in [0.05, 0.1) is 18.8 Å². The molecule has 0 saturated heterocycles. The van der Waals surface area contributed by atoms with Crippen molar-refractivity contribution in [2.24, 2.45) is 10.9 Å². The number of aliphatic imine (C=N–C) groups is 1. The van der Waals surface area contributed by atoms with E-state index in [-0.39, 0.29) is 5.92 Å². The van der Waals surface area contributed by atoms with Crippen LogP contribution in [0, 0.1) is 5.92 Å². The summed E-state index contributed by atoms with van der Waals surface area (Å²) in [5, 5.41) is 2.86. The van der Waals surface area contributed by atoms with Crippen LogP contribution in [-0.2, 0) is 4.79 Å². The summed E-state index contributed by atoms with van der Waals surface area (Å²) >= 11 is 0. The van der Waals surface area contributed by atoms with Crippen molar-refractivity contribution >= 4 is 12.6 Å². The van der Waals surface area contributed by atoms with E-state index in [4.69, 9.17) is 0 Å². The van der Waals surface area contributed by atoms with Gasteiger partial charge in [-0.25, -0.2) is 0 Å². The third-order valence-electron chi connectivity index (χ3n) is 1.09. The largest absolute Gasteiger partial charge is 0.376 e. The monoisotopic (exact) mass is 112 g/mol. The maximum absolute atomic E-state index is 10.0. The lowest BCUT2D eigenvalue weighted by atomic mass is 10.1. The van der Waals surface area contributed by atoms with E-state index in [1.807, 2.05) is 0 Å². The topological polar surface area (TPSA) is 41.5 Å². The van der Waals surface area contributed by atoms with E-state index < -0.39 is 0 Å². The number of nitrogens with zero attached hydrogens (tertiary/aromatic N) is 1. The molecule has 0 amide bonds. The number of hydrogen-bond donors (Lipinski definition) is 1. The second kappa shape index (κ2) is 2.45. The second-order valence-corrected chi connectivity index (χ2v) is 1.80. The molecule has 1 heterocycles. The normalized spacial score (nSPS) is 26.8. The van der Waals surface area contributed by atoms with Crippen LogP contribution in [0.3, 0.4) is 0 Å². The first-order valence-electron chi connectivity index (χ1n) is 2.60. The molecule has 0 aliphatic carbocycles. The molecule has 0 spiro atoms. The van der Waals surface area contributed by atoms with Crippen LogP contribution in [0.2, 0.25) is 0 Å². The average molecular weight is 112 g/mol. The molecule has 44 valence electrons.